The number of halogens is 1. The Morgan fingerprint density at radius 3 is 2.45 bits per heavy atom. The molecule has 0 saturated carbocycles. The number of hydrogen-bond donors (Lipinski definition) is 1. The van der Waals surface area contributed by atoms with E-state index in [2.05, 4.69) is 17.4 Å². The van der Waals surface area contributed by atoms with Crippen molar-refractivity contribution in [1.29, 1.82) is 0 Å². The standard InChI is InChI=1S/C16H16ClNOS/c17-14-8-6-13(7-9-14)12-16(19)18-10-11-20-15-4-2-1-3-5-15/h1-9H,10-12H2,(H,18,19). The van der Waals surface area contributed by atoms with Gasteiger partial charge in [-0.1, -0.05) is 41.9 Å². The molecule has 104 valence electrons. The van der Waals surface area contributed by atoms with E-state index in [0.29, 0.717) is 18.0 Å². The Hall–Kier alpha value is -1.45. The number of carbonyl (C=O) groups is 1. The minimum absolute atomic E-state index is 0.0426. The van der Waals surface area contributed by atoms with Crippen LogP contribution in [-0.4, -0.2) is 18.2 Å². The van der Waals surface area contributed by atoms with Gasteiger partial charge in [0.25, 0.3) is 0 Å². The Kier molecular flexibility index (Phi) is 5.96. The van der Waals surface area contributed by atoms with E-state index in [-0.39, 0.29) is 5.91 Å². The van der Waals surface area contributed by atoms with Gasteiger partial charge in [0, 0.05) is 22.2 Å². The van der Waals surface area contributed by atoms with Crippen LogP contribution in [0.4, 0.5) is 0 Å². The summed E-state index contributed by atoms with van der Waals surface area (Å²) >= 11 is 7.54. The highest BCUT2D eigenvalue weighted by atomic mass is 35.5. The van der Waals surface area contributed by atoms with Crippen molar-refractivity contribution in [2.75, 3.05) is 12.3 Å². The van der Waals surface area contributed by atoms with Gasteiger partial charge in [-0.2, -0.15) is 0 Å². The fraction of sp³-hybridized carbons (Fsp3) is 0.188. The summed E-state index contributed by atoms with van der Waals surface area (Å²) < 4.78 is 0. The second-order valence-corrected chi connectivity index (χ2v) is 5.92. The molecule has 2 aromatic carbocycles. The molecule has 2 rings (SSSR count). The van der Waals surface area contributed by atoms with Gasteiger partial charge in [0.15, 0.2) is 0 Å². The van der Waals surface area contributed by atoms with Crippen molar-refractivity contribution >= 4 is 29.3 Å². The molecule has 0 aliphatic rings. The summed E-state index contributed by atoms with van der Waals surface area (Å²) in [7, 11) is 0. The van der Waals surface area contributed by atoms with E-state index in [0.717, 1.165) is 11.3 Å². The van der Waals surface area contributed by atoms with Crippen LogP contribution in [0.5, 0.6) is 0 Å². The summed E-state index contributed by atoms with van der Waals surface area (Å²) in [5, 5.41) is 3.61. The summed E-state index contributed by atoms with van der Waals surface area (Å²) in [6.45, 7) is 0.673. The van der Waals surface area contributed by atoms with Crippen molar-refractivity contribution in [2.45, 2.75) is 11.3 Å². The van der Waals surface area contributed by atoms with Gasteiger partial charge in [-0.15, -0.1) is 11.8 Å². The zero-order chi connectivity index (χ0) is 14.2. The number of nitrogens with one attached hydrogen (secondary N) is 1. The Morgan fingerprint density at radius 2 is 1.75 bits per heavy atom. The minimum Gasteiger partial charge on any atom is -0.355 e. The number of rotatable bonds is 6. The molecular weight excluding hydrogens is 290 g/mol. The van der Waals surface area contributed by atoms with E-state index in [1.165, 1.54) is 4.90 Å². The number of hydrogen-bond acceptors (Lipinski definition) is 2. The molecule has 1 N–H and O–H groups in total. The first kappa shape index (κ1) is 14.9. The van der Waals surface area contributed by atoms with E-state index in [4.69, 9.17) is 11.6 Å². The monoisotopic (exact) mass is 305 g/mol. The second-order valence-electron chi connectivity index (χ2n) is 4.31. The first-order valence-corrected chi connectivity index (χ1v) is 7.79. The Labute approximate surface area is 128 Å². The second kappa shape index (κ2) is 7.98. The molecule has 2 nitrogen and oxygen atoms in total. The molecule has 0 aliphatic carbocycles. The van der Waals surface area contributed by atoms with Gasteiger partial charge in [-0.05, 0) is 29.8 Å². The summed E-state index contributed by atoms with van der Waals surface area (Å²) in [6.07, 6.45) is 0.396. The number of thioether (sulfide) groups is 1. The van der Waals surface area contributed by atoms with Crippen LogP contribution in [0.1, 0.15) is 5.56 Å². The van der Waals surface area contributed by atoms with Crippen molar-refractivity contribution in [3.63, 3.8) is 0 Å². The fourth-order valence-electron chi connectivity index (χ4n) is 1.73. The zero-order valence-electron chi connectivity index (χ0n) is 11.0. The molecule has 0 bridgehead atoms. The van der Waals surface area contributed by atoms with E-state index >= 15 is 0 Å². The SMILES string of the molecule is O=C(Cc1ccc(Cl)cc1)NCCSc1ccccc1. The van der Waals surface area contributed by atoms with Gasteiger partial charge in [-0.3, -0.25) is 4.79 Å². The summed E-state index contributed by atoms with van der Waals surface area (Å²) in [5.41, 5.74) is 0.975. The molecule has 0 spiro atoms. The average molecular weight is 306 g/mol. The van der Waals surface area contributed by atoms with Crippen LogP contribution in [0.3, 0.4) is 0 Å². The smallest absolute Gasteiger partial charge is 0.224 e. The molecule has 4 heteroatoms. The van der Waals surface area contributed by atoms with Crippen molar-refractivity contribution in [1.82, 2.24) is 5.32 Å². The summed E-state index contributed by atoms with van der Waals surface area (Å²) in [5.74, 6) is 0.914. The molecular formula is C16H16ClNOS. The Bertz CT molecular complexity index is 542. The van der Waals surface area contributed by atoms with Crippen LogP contribution in [0.25, 0.3) is 0 Å². The van der Waals surface area contributed by atoms with E-state index < -0.39 is 0 Å². The van der Waals surface area contributed by atoms with Gasteiger partial charge in [-0.25, -0.2) is 0 Å². The van der Waals surface area contributed by atoms with Crippen LogP contribution >= 0.6 is 23.4 Å². The molecule has 0 saturated heterocycles. The van der Waals surface area contributed by atoms with Crippen molar-refractivity contribution in [3.8, 4) is 0 Å². The molecule has 0 aromatic heterocycles. The highest BCUT2D eigenvalue weighted by Crippen LogP contribution is 2.15. The predicted octanol–water partition coefficient (Wildman–Crippen LogP) is 3.79. The molecule has 0 fully saturated rings. The van der Waals surface area contributed by atoms with Crippen LogP contribution in [0, 0.1) is 0 Å². The van der Waals surface area contributed by atoms with Gasteiger partial charge >= 0.3 is 0 Å². The molecule has 0 atom stereocenters. The largest absolute Gasteiger partial charge is 0.355 e. The molecule has 0 aliphatic heterocycles. The maximum Gasteiger partial charge on any atom is 0.224 e. The van der Waals surface area contributed by atoms with Crippen molar-refractivity contribution < 1.29 is 4.79 Å². The first-order chi connectivity index (χ1) is 9.74. The predicted molar refractivity (Wildman–Crippen MR) is 85.3 cm³/mol. The van der Waals surface area contributed by atoms with Gasteiger partial charge in [0.2, 0.25) is 5.91 Å². The van der Waals surface area contributed by atoms with Crippen LogP contribution in [-0.2, 0) is 11.2 Å². The van der Waals surface area contributed by atoms with Crippen LogP contribution in [0.2, 0.25) is 5.02 Å². The van der Waals surface area contributed by atoms with Gasteiger partial charge < -0.3 is 5.32 Å². The van der Waals surface area contributed by atoms with Crippen LogP contribution in [0.15, 0.2) is 59.5 Å². The highest BCUT2D eigenvalue weighted by Gasteiger charge is 2.02. The number of benzene rings is 2. The molecule has 0 radical (unpaired) electrons. The maximum absolute atomic E-state index is 11.8. The maximum atomic E-state index is 11.8. The normalized spacial score (nSPS) is 10.2. The van der Waals surface area contributed by atoms with Crippen molar-refractivity contribution in [2.24, 2.45) is 0 Å². The molecule has 20 heavy (non-hydrogen) atoms. The zero-order valence-corrected chi connectivity index (χ0v) is 12.6. The third-order valence-electron chi connectivity index (χ3n) is 2.71. The Balaban J connectivity index is 1.66. The summed E-state index contributed by atoms with van der Waals surface area (Å²) in [6, 6.07) is 17.5. The van der Waals surface area contributed by atoms with E-state index in [9.17, 15) is 4.79 Å². The first-order valence-electron chi connectivity index (χ1n) is 6.43. The molecule has 0 heterocycles. The lowest BCUT2D eigenvalue weighted by Crippen LogP contribution is -2.27. The lowest BCUT2D eigenvalue weighted by Gasteiger charge is -2.05. The lowest BCUT2D eigenvalue weighted by molar-refractivity contribution is -0.120. The van der Waals surface area contributed by atoms with Gasteiger partial charge in [0.1, 0.15) is 0 Å². The number of carbonyl (C=O) groups excluding carboxylic acids is 1. The average Bonchev–Trinajstić information content (AvgIpc) is 2.47. The third-order valence-corrected chi connectivity index (χ3v) is 3.98. The Morgan fingerprint density at radius 1 is 1.05 bits per heavy atom. The highest BCUT2D eigenvalue weighted by molar-refractivity contribution is 7.99. The van der Waals surface area contributed by atoms with Gasteiger partial charge in [0.05, 0.1) is 6.42 Å². The third kappa shape index (κ3) is 5.27. The topological polar surface area (TPSA) is 29.1 Å². The quantitative estimate of drug-likeness (QED) is 0.650. The van der Waals surface area contributed by atoms with Crippen LogP contribution < -0.4 is 5.32 Å². The minimum atomic E-state index is 0.0426. The van der Waals surface area contributed by atoms with Crippen molar-refractivity contribution in [3.05, 3.63) is 65.2 Å². The molecule has 0 unspecified atom stereocenters. The summed E-state index contributed by atoms with van der Waals surface area (Å²) in [4.78, 5) is 13.0. The molecule has 1 amide bonds. The fourth-order valence-corrected chi connectivity index (χ4v) is 2.64. The molecule has 2 aromatic rings. The lowest BCUT2D eigenvalue weighted by atomic mass is 10.1. The number of amides is 1. The van der Waals surface area contributed by atoms with E-state index in [1.807, 2.05) is 30.3 Å². The van der Waals surface area contributed by atoms with E-state index in [1.54, 1.807) is 23.9 Å².